The summed E-state index contributed by atoms with van der Waals surface area (Å²) in [4.78, 5) is 19.2. The van der Waals surface area contributed by atoms with E-state index in [4.69, 9.17) is 14.5 Å². The molecule has 1 aromatic heterocycles. The van der Waals surface area contributed by atoms with E-state index in [0.29, 0.717) is 19.7 Å². The number of carbonyl (C=O) groups is 1. The summed E-state index contributed by atoms with van der Waals surface area (Å²) in [6, 6.07) is -0.122. The lowest BCUT2D eigenvalue weighted by atomic mass is 10.1. The second kappa shape index (κ2) is 12.5. The number of alkyl carbamates (subject to hydrolysis) is 1. The minimum atomic E-state index is -0.529. The standard InChI is InChI=1S/C21H38N6O3.HI/c1-8-22-19(23-12-17(15(2)3)25-20(28)30-21(4,5)6)27-9-10-29-18(14-27)16-11-24-26(7)13-16;/h11,13,15,17-18H,8-10,12,14H2,1-7H3,(H,22,23)(H,25,28);1H. The number of hydrogen-bond donors (Lipinski definition) is 2. The van der Waals surface area contributed by atoms with Gasteiger partial charge in [0, 0.05) is 31.9 Å². The van der Waals surface area contributed by atoms with Crippen LogP contribution < -0.4 is 10.6 Å². The third kappa shape index (κ3) is 9.22. The molecule has 2 atom stereocenters. The van der Waals surface area contributed by atoms with Gasteiger partial charge < -0.3 is 25.0 Å². The van der Waals surface area contributed by atoms with Gasteiger partial charge in [0.15, 0.2) is 5.96 Å². The number of aliphatic imine (C=N–C) groups is 1. The van der Waals surface area contributed by atoms with Crippen LogP contribution in [0.2, 0.25) is 0 Å². The first-order valence-electron chi connectivity index (χ1n) is 10.7. The first kappa shape index (κ1) is 27.5. The minimum absolute atomic E-state index is 0. The zero-order valence-corrected chi connectivity index (χ0v) is 22.2. The van der Waals surface area contributed by atoms with E-state index >= 15 is 0 Å². The van der Waals surface area contributed by atoms with Gasteiger partial charge in [0.2, 0.25) is 0 Å². The number of hydrogen-bond acceptors (Lipinski definition) is 5. The van der Waals surface area contributed by atoms with Gasteiger partial charge in [-0.25, -0.2) is 4.79 Å². The fraction of sp³-hybridized carbons (Fsp3) is 0.762. The molecule has 0 aliphatic carbocycles. The van der Waals surface area contributed by atoms with Crippen LogP contribution in [0, 0.1) is 5.92 Å². The lowest BCUT2D eigenvalue weighted by molar-refractivity contribution is -0.00806. The zero-order chi connectivity index (χ0) is 22.3. The van der Waals surface area contributed by atoms with Crippen LogP contribution in [-0.4, -0.2) is 71.2 Å². The molecule has 2 heterocycles. The molecule has 1 aromatic rings. The normalized spacial score (nSPS) is 18.4. The van der Waals surface area contributed by atoms with Gasteiger partial charge in [0.1, 0.15) is 11.7 Å². The van der Waals surface area contributed by atoms with Gasteiger partial charge in [-0.05, 0) is 33.6 Å². The molecule has 2 rings (SSSR count). The molecule has 2 unspecified atom stereocenters. The highest BCUT2D eigenvalue weighted by atomic mass is 127. The molecule has 9 nitrogen and oxygen atoms in total. The topological polar surface area (TPSA) is 93.0 Å². The molecule has 31 heavy (non-hydrogen) atoms. The number of nitrogens with one attached hydrogen (secondary N) is 2. The summed E-state index contributed by atoms with van der Waals surface area (Å²) in [5.74, 6) is 1.04. The fourth-order valence-electron chi connectivity index (χ4n) is 3.14. The Morgan fingerprint density at radius 2 is 2.13 bits per heavy atom. The van der Waals surface area contributed by atoms with Crippen molar-refractivity contribution in [1.82, 2.24) is 25.3 Å². The highest BCUT2D eigenvalue weighted by molar-refractivity contribution is 14.0. The van der Waals surface area contributed by atoms with Crippen LogP contribution in [0.25, 0.3) is 0 Å². The minimum Gasteiger partial charge on any atom is -0.444 e. The van der Waals surface area contributed by atoms with E-state index in [2.05, 4.69) is 34.5 Å². The maximum atomic E-state index is 12.2. The number of morpholine rings is 1. The summed E-state index contributed by atoms with van der Waals surface area (Å²) in [5, 5.41) is 10.6. The molecule has 0 spiro atoms. The SMILES string of the molecule is CCNC(=NCC(NC(=O)OC(C)(C)C)C(C)C)N1CCOC(c2cnn(C)c2)C1.I. The van der Waals surface area contributed by atoms with Crippen LogP contribution in [-0.2, 0) is 16.5 Å². The van der Waals surface area contributed by atoms with Gasteiger partial charge in [0.05, 0.1) is 31.9 Å². The smallest absolute Gasteiger partial charge is 0.407 e. The van der Waals surface area contributed by atoms with Crippen LogP contribution >= 0.6 is 24.0 Å². The van der Waals surface area contributed by atoms with Crippen LogP contribution in [0.15, 0.2) is 17.4 Å². The van der Waals surface area contributed by atoms with Crippen LogP contribution in [0.3, 0.4) is 0 Å². The Kier molecular flexibility index (Phi) is 11.1. The number of rotatable bonds is 6. The molecule has 178 valence electrons. The van der Waals surface area contributed by atoms with Crippen LogP contribution in [0.4, 0.5) is 4.79 Å². The Morgan fingerprint density at radius 3 is 2.68 bits per heavy atom. The summed E-state index contributed by atoms with van der Waals surface area (Å²) in [5.41, 5.74) is 0.531. The summed E-state index contributed by atoms with van der Waals surface area (Å²) in [7, 11) is 1.90. The summed E-state index contributed by atoms with van der Waals surface area (Å²) in [6.45, 7) is 15.1. The molecule has 2 N–H and O–H groups in total. The Labute approximate surface area is 203 Å². The number of aryl methyl sites for hydroxylation is 1. The summed E-state index contributed by atoms with van der Waals surface area (Å²) in [6.07, 6.45) is 3.37. The number of guanidine groups is 1. The molecular formula is C21H39IN6O3. The van der Waals surface area contributed by atoms with Crippen molar-refractivity contribution in [3.8, 4) is 0 Å². The third-order valence-corrected chi connectivity index (χ3v) is 4.74. The molecule has 0 bridgehead atoms. The van der Waals surface area contributed by atoms with E-state index in [1.807, 2.05) is 47.1 Å². The Balaban J connectivity index is 0.00000480. The number of nitrogens with zero attached hydrogens (tertiary/aromatic N) is 4. The quantitative estimate of drug-likeness (QED) is 0.322. The monoisotopic (exact) mass is 550 g/mol. The van der Waals surface area contributed by atoms with Gasteiger partial charge in [-0.3, -0.25) is 9.67 Å². The van der Waals surface area contributed by atoms with Crippen molar-refractivity contribution in [2.24, 2.45) is 18.0 Å². The first-order chi connectivity index (χ1) is 14.1. The molecule has 0 saturated carbocycles. The molecular weight excluding hydrogens is 511 g/mol. The van der Waals surface area contributed by atoms with Crippen molar-refractivity contribution in [3.05, 3.63) is 18.0 Å². The fourth-order valence-corrected chi connectivity index (χ4v) is 3.14. The lowest BCUT2D eigenvalue weighted by Gasteiger charge is -2.35. The van der Waals surface area contributed by atoms with Crippen LogP contribution in [0.1, 0.15) is 53.2 Å². The van der Waals surface area contributed by atoms with E-state index in [1.54, 1.807) is 4.68 Å². The van der Waals surface area contributed by atoms with Crippen molar-refractivity contribution in [2.45, 2.75) is 59.3 Å². The van der Waals surface area contributed by atoms with Crippen molar-refractivity contribution < 1.29 is 14.3 Å². The second-order valence-corrected chi connectivity index (χ2v) is 8.94. The number of ether oxygens (including phenoxy) is 2. The number of aromatic nitrogens is 2. The maximum Gasteiger partial charge on any atom is 0.407 e. The average molecular weight is 550 g/mol. The predicted molar refractivity (Wildman–Crippen MR) is 133 cm³/mol. The lowest BCUT2D eigenvalue weighted by Crippen LogP contribution is -2.49. The Bertz CT molecular complexity index is 716. The first-order valence-corrected chi connectivity index (χ1v) is 10.7. The number of amides is 1. The number of halogens is 1. The molecule has 1 amide bonds. The molecule has 10 heteroatoms. The van der Waals surface area contributed by atoms with E-state index in [0.717, 1.165) is 24.6 Å². The van der Waals surface area contributed by atoms with Crippen molar-refractivity contribution in [1.29, 1.82) is 0 Å². The molecule has 1 aliphatic rings. The molecule has 1 fully saturated rings. The van der Waals surface area contributed by atoms with E-state index in [-0.39, 0.29) is 42.0 Å². The van der Waals surface area contributed by atoms with Gasteiger partial charge in [0.25, 0.3) is 0 Å². The third-order valence-electron chi connectivity index (χ3n) is 4.74. The molecule has 1 aliphatic heterocycles. The van der Waals surface area contributed by atoms with Gasteiger partial charge >= 0.3 is 6.09 Å². The van der Waals surface area contributed by atoms with Gasteiger partial charge in [-0.1, -0.05) is 13.8 Å². The van der Waals surface area contributed by atoms with Crippen molar-refractivity contribution in [3.63, 3.8) is 0 Å². The summed E-state index contributed by atoms with van der Waals surface area (Å²) < 4.78 is 13.1. The highest BCUT2D eigenvalue weighted by Gasteiger charge is 2.26. The van der Waals surface area contributed by atoms with Crippen molar-refractivity contribution >= 4 is 36.0 Å². The van der Waals surface area contributed by atoms with Gasteiger partial charge in [-0.2, -0.15) is 5.10 Å². The Morgan fingerprint density at radius 1 is 1.42 bits per heavy atom. The highest BCUT2D eigenvalue weighted by Crippen LogP contribution is 2.21. The zero-order valence-electron chi connectivity index (χ0n) is 19.8. The van der Waals surface area contributed by atoms with Crippen molar-refractivity contribution in [2.75, 3.05) is 32.8 Å². The molecule has 0 radical (unpaired) electrons. The van der Waals surface area contributed by atoms with Gasteiger partial charge in [-0.15, -0.1) is 24.0 Å². The second-order valence-electron chi connectivity index (χ2n) is 8.94. The predicted octanol–water partition coefficient (Wildman–Crippen LogP) is 2.93. The van der Waals surface area contributed by atoms with E-state index in [9.17, 15) is 4.79 Å². The van der Waals surface area contributed by atoms with E-state index < -0.39 is 11.7 Å². The van der Waals surface area contributed by atoms with Crippen LogP contribution in [0.5, 0.6) is 0 Å². The maximum absolute atomic E-state index is 12.2. The largest absolute Gasteiger partial charge is 0.444 e. The average Bonchev–Trinajstić information content (AvgIpc) is 3.09. The summed E-state index contributed by atoms with van der Waals surface area (Å²) >= 11 is 0. The number of carbonyl (C=O) groups excluding carboxylic acids is 1. The van der Waals surface area contributed by atoms with E-state index in [1.165, 1.54) is 0 Å². The Hall–Kier alpha value is -1.56. The molecule has 0 aromatic carbocycles. The molecule has 1 saturated heterocycles.